The molecule has 0 bridgehead atoms. The van der Waals surface area contributed by atoms with E-state index in [-0.39, 0.29) is 0 Å². The number of piperidine rings is 1. The van der Waals surface area contributed by atoms with E-state index in [4.69, 9.17) is 4.74 Å². The zero-order valence-corrected chi connectivity index (χ0v) is 10.6. The highest BCUT2D eigenvalue weighted by Gasteiger charge is 2.24. The third kappa shape index (κ3) is 4.49. The first-order valence-electron chi connectivity index (χ1n) is 6.14. The average Bonchev–Trinajstić information content (AvgIpc) is 2.17. The van der Waals surface area contributed by atoms with Crippen LogP contribution in [0, 0.1) is 5.92 Å². The molecular weight excluding hydrogens is 188 g/mol. The van der Waals surface area contributed by atoms with Crippen molar-refractivity contribution in [3.63, 3.8) is 0 Å². The second-order valence-electron chi connectivity index (χ2n) is 4.88. The fraction of sp³-hybridized carbons (Fsp3) is 1.00. The molecule has 3 nitrogen and oxygen atoms in total. The van der Waals surface area contributed by atoms with Gasteiger partial charge in [-0.2, -0.15) is 0 Å². The largest absolute Gasteiger partial charge is 0.377 e. The minimum atomic E-state index is 0.359. The standard InChI is InChI=1S/C12H26N2O/c1-10(2)15-8-7-14-6-5-12(13-4)11(3)9-14/h10-13H,5-9H2,1-4H3. The lowest BCUT2D eigenvalue weighted by atomic mass is 9.94. The summed E-state index contributed by atoms with van der Waals surface area (Å²) in [5, 5.41) is 3.39. The number of nitrogens with zero attached hydrogens (tertiary/aromatic N) is 1. The lowest BCUT2D eigenvalue weighted by Gasteiger charge is -2.36. The van der Waals surface area contributed by atoms with Crippen LogP contribution < -0.4 is 5.32 Å². The lowest BCUT2D eigenvalue weighted by Crippen LogP contribution is -2.48. The Morgan fingerprint density at radius 3 is 2.73 bits per heavy atom. The Kier molecular flexibility index (Phi) is 5.58. The fourth-order valence-electron chi connectivity index (χ4n) is 2.28. The molecule has 0 saturated carbocycles. The second kappa shape index (κ2) is 6.46. The van der Waals surface area contributed by atoms with E-state index in [9.17, 15) is 0 Å². The number of likely N-dealkylation sites (tertiary alicyclic amines) is 1. The third-order valence-corrected chi connectivity index (χ3v) is 3.22. The van der Waals surface area contributed by atoms with Crippen molar-refractivity contribution in [3.8, 4) is 0 Å². The van der Waals surface area contributed by atoms with Crippen LogP contribution in [0.5, 0.6) is 0 Å². The van der Waals surface area contributed by atoms with E-state index in [1.165, 1.54) is 19.5 Å². The molecule has 0 amide bonds. The Morgan fingerprint density at radius 2 is 2.20 bits per heavy atom. The minimum Gasteiger partial charge on any atom is -0.377 e. The van der Waals surface area contributed by atoms with Crippen LogP contribution in [0.4, 0.5) is 0 Å². The zero-order chi connectivity index (χ0) is 11.3. The molecule has 0 aliphatic carbocycles. The number of hydrogen-bond donors (Lipinski definition) is 1. The SMILES string of the molecule is CNC1CCN(CCOC(C)C)CC1C. The molecule has 2 atom stereocenters. The van der Waals surface area contributed by atoms with Crippen LogP contribution in [0.25, 0.3) is 0 Å². The van der Waals surface area contributed by atoms with Gasteiger partial charge in [-0.15, -0.1) is 0 Å². The van der Waals surface area contributed by atoms with Gasteiger partial charge in [0.2, 0.25) is 0 Å². The van der Waals surface area contributed by atoms with Gasteiger partial charge in [-0.1, -0.05) is 6.92 Å². The summed E-state index contributed by atoms with van der Waals surface area (Å²) in [5.74, 6) is 0.753. The molecule has 2 unspecified atom stereocenters. The van der Waals surface area contributed by atoms with Crippen molar-refractivity contribution in [3.05, 3.63) is 0 Å². The van der Waals surface area contributed by atoms with Crippen LogP contribution in [0.2, 0.25) is 0 Å². The maximum atomic E-state index is 5.58. The molecule has 1 N–H and O–H groups in total. The Morgan fingerprint density at radius 1 is 1.47 bits per heavy atom. The quantitative estimate of drug-likeness (QED) is 0.747. The molecule has 0 aromatic heterocycles. The lowest BCUT2D eigenvalue weighted by molar-refractivity contribution is 0.0458. The van der Waals surface area contributed by atoms with Crippen molar-refractivity contribution in [1.29, 1.82) is 0 Å². The van der Waals surface area contributed by atoms with Gasteiger partial charge in [0.15, 0.2) is 0 Å². The van der Waals surface area contributed by atoms with E-state index in [0.717, 1.165) is 19.1 Å². The zero-order valence-electron chi connectivity index (χ0n) is 10.6. The van der Waals surface area contributed by atoms with Gasteiger partial charge < -0.3 is 15.0 Å². The topological polar surface area (TPSA) is 24.5 Å². The molecule has 1 aliphatic rings. The van der Waals surface area contributed by atoms with E-state index >= 15 is 0 Å². The summed E-state index contributed by atoms with van der Waals surface area (Å²) in [7, 11) is 2.07. The predicted molar refractivity (Wildman–Crippen MR) is 64.2 cm³/mol. The van der Waals surface area contributed by atoms with Crippen molar-refractivity contribution in [2.24, 2.45) is 5.92 Å². The molecule has 1 heterocycles. The summed E-state index contributed by atoms with van der Waals surface area (Å²) in [6.07, 6.45) is 1.62. The molecule has 0 aromatic carbocycles. The first kappa shape index (κ1) is 12.9. The molecule has 1 fully saturated rings. The average molecular weight is 214 g/mol. The highest BCUT2D eigenvalue weighted by atomic mass is 16.5. The van der Waals surface area contributed by atoms with Crippen molar-refractivity contribution in [2.45, 2.75) is 39.3 Å². The number of nitrogens with one attached hydrogen (secondary N) is 1. The van der Waals surface area contributed by atoms with Gasteiger partial charge >= 0.3 is 0 Å². The molecule has 3 heteroatoms. The molecule has 1 rings (SSSR count). The van der Waals surface area contributed by atoms with Crippen LogP contribution >= 0.6 is 0 Å². The monoisotopic (exact) mass is 214 g/mol. The van der Waals surface area contributed by atoms with E-state index < -0.39 is 0 Å². The van der Waals surface area contributed by atoms with Gasteiger partial charge in [0.05, 0.1) is 12.7 Å². The molecule has 0 radical (unpaired) electrons. The second-order valence-corrected chi connectivity index (χ2v) is 4.88. The number of rotatable bonds is 5. The fourth-order valence-corrected chi connectivity index (χ4v) is 2.28. The summed E-state index contributed by atoms with van der Waals surface area (Å²) < 4.78 is 5.58. The van der Waals surface area contributed by atoms with Gasteiger partial charge in [0.1, 0.15) is 0 Å². The highest BCUT2D eigenvalue weighted by Crippen LogP contribution is 2.15. The molecule has 1 aliphatic heterocycles. The molecule has 0 spiro atoms. The summed E-state index contributed by atoms with van der Waals surface area (Å²) in [5.41, 5.74) is 0. The van der Waals surface area contributed by atoms with Crippen LogP contribution in [0.1, 0.15) is 27.2 Å². The van der Waals surface area contributed by atoms with Crippen molar-refractivity contribution in [2.75, 3.05) is 33.3 Å². The molecule has 1 saturated heterocycles. The minimum absolute atomic E-state index is 0.359. The highest BCUT2D eigenvalue weighted by molar-refractivity contribution is 4.81. The number of ether oxygens (including phenoxy) is 1. The van der Waals surface area contributed by atoms with Crippen molar-refractivity contribution >= 4 is 0 Å². The molecule has 90 valence electrons. The predicted octanol–water partition coefficient (Wildman–Crippen LogP) is 1.34. The van der Waals surface area contributed by atoms with Gasteiger partial charge in [-0.05, 0) is 39.8 Å². The Bertz CT molecular complexity index is 173. The van der Waals surface area contributed by atoms with Crippen LogP contribution in [0.15, 0.2) is 0 Å². The Balaban J connectivity index is 2.17. The number of hydrogen-bond acceptors (Lipinski definition) is 3. The van der Waals surface area contributed by atoms with Crippen LogP contribution in [0.3, 0.4) is 0 Å². The van der Waals surface area contributed by atoms with Crippen molar-refractivity contribution < 1.29 is 4.74 Å². The maximum Gasteiger partial charge on any atom is 0.0596 e. The summed E-state index contributed by atoms with van der Waals surface area (Å²) >= 11 is 0. The van der Waals surface area contributed by atoms with E-state index in [1.807, 2.05) is 0 Å². The van der Waals surface area contributed by atoms with Gasteiger partial charge in [-0.3, -0.25) is 0 Å². The maximum absolute atomic E-state index is 5.58. The van der Waals surface area contributed by atoms with E-state index in [0.29, 0.717) is 12.1 Å². The molecular formula is C12H26N2O. The third-order valence-electron chi connectivity index (χ3n) is 3.22. The first-order valence-corrected chi connectivity index (χ1v) is 6.14. The molecule has 0 aromatic rings. The smallest absolute Gasteiger partial charge is 0.0596 e. The Hall–Kier alpha value is -0.120. The van der Waals surface area contributed by atoms with Gasteiger partial charge in [-0.25, -0.2) is 0 Å². The van der Waals surface area contributed by atoms with Gasteiger partial charge in [0, 0.05) is 19.1 Å². The van der Waals surface area contributed by atoms with E-state index in [1.54, 1.807) is 0 Å². The summed E-state index contributed by atoms with van der Waals surface area (Å²) in [6.45, 7) is 10.9. The summed E-state index contributed by atoms with van der Waals surface area (Å²) in [4.78, 5) is 2.51. The van der Waals surface area contributed by atoms with Crippen molar-refractivity contribution in [1.82, 2.24) is 10.2 Å². The van der Waals surface area contributed by atoms with E-state index in [2.05, 4.69) is 38.0 Å². The normalized spacial score (nSPS) is 28.6. The first-order chi connectivity index (χ1) is 7.13. The van der Waals surface area contributed by atoms with Gasteiger partial charge in [0.25, 0.3) is 0 Å². The van der Waals surface area contributed by atoms with Crippen LogP contribution in [-0.2, 0) is 4.74 Å². The Labute approximate surface area is 94.2 Å². The summed E-state index contributed by atoms with van der Waals surface area (Å²) in [6, 6.07) is 0.701. The molecule has 15 heavy (non-hydrogen) atoms. The van der Waals surface area contributed by atoms with Crippen LogP contribution in [-0.4, -0.2) is 50.3 Å².